The predicted octanol–water partition coefficient (Wildman–Crippen LogP) is 5.17. The lowest BCUT2D eigenvalue weighted by Crippen LogP contribution is -2.43. The second-order valence-electron chi connectivity index (χ2n) is 7.80. The van der Waals surface area contributed by atoms with E-state index in [4.69, 9.17) is 27.9 Å². The molecule has 1 saturated carbocycles. The molecule has 0 spiro atoms. The van der Waals surface area contributed by atoms with E-state index in [0.717, 1.165) is 16.9 Å². The van der Waals surface area contributed by atoms with E-state index >= 15 is 0 Å². The molecule has 5 nitrogen and oxygen atoms in total. The number of imide groups is 1. The maximum Gasteiger partial charge on any atom is 0.397 e. The summed E-state index contributed by atoms with van der Waals surface area (Å²) in [5.74, 6) is -1.73. The molecule has 1 aromatic rings. The highest BCUT2D eigenvalue weighted by Gasteiger charge is 2.36. The van der Waals surface area contributed by atoms with Crippen molar-refractivity contribution in [3.63, 3.8) is 0 Å². The van der Waals surface area contributed by atoms with Crippen LogP contribution in [0.1, 0.15) is 45.6 Å². The fourth-order valence-electron chi connectivity index (χ4n) is 3.09. The van der Waals surface area contributed by atoms with Gasteiger partial charge in [-0.25, -0.2) is 4.79 Å². The number of ether oxygens (including phenoxy) is 1. The van der Waals surface area contributed by atoms with Gasteiger partial charge in [0.1, 0.15) is 0 Å². The summed E-state index contributed by atoms with van der Waals surface area (Å²) in [6.07, 6.45) is 6.28. The maximum atomic E-state index is 12.6. The van der Waals surface area contributed by atoms with Crippen LogP contribution in [0.4, 0.5) is 0 Å². The Balaban J connectivity index is 2.03. The quantitative estimate of drug-likeness (QED) is 0.248. The summed E-state index contributed by atoms with van der Waals surface area (Å²) in [6, 6.07) is 5.66. The van der Waals surface area contributed by atoms with Gasteiger partial charge in [0.15, 0.2) is 0 Å². The highest BCUT2D eigenvalue weighted by molar-refractivity contribution is 6.42. The van der Waals surface area contributed by atoms with E-state index in [-0.39, 0.29) is 19.1 Å². The molecule has 0 radical (unpaired) electrons. The monoisotopic (exact) mass is 451 g/mol. The summed E-state index contributed by atoms with van der Waals surface area (Å²) in [5, 5.41) is 1.08. The van der Waals surface area contributed by atoms with Crippen LogP contribution >= 0.6 is 23.2 Å². The van der Waals surface area contributed by atoms with Crippen LogP contribution < -0.4 is 0 Å². The largest absolute Gasteiger partial charge is 0.459 e. The van der Waals surface area contributed by atoms with Crippen LogP contribution in [0.2, 0.25) is 10.0 Å². The van der Waals surface area contributed by atoms with Gasteiger partial charge in [-0.05, 0) is 61.3 Å². The lowest BCUT2D eigenvalue weighted by atomic mass is 10.1. The molecule has 30 heavy (non-hydrogen) atoms. The van der Waals surface area contributed by atoms with Crippen LogP contribution in [0.25, 0.3) is 0 Å². The van der Waals surface area contributed by atoms with Gasteiger partial charge in [0.05, 0.1) is 16.7 Å². The number of esters is 1. The molecule has 7 heteroatoms. The van der Waals surface area contributed by atoms with Crippen molar-refractivity contribution in [2.75, 3.05) is 13.2 Å². The number of nitrogens with zero attached hydrogens (tertiary/aromatic N) is 1. The Bertz CT molecular complexity index is 876. The smallest absolute Gasteiger partial charge is 0.397 e. The van der Waals surface area contributed by atoms with Crippen LogP contribution in [-0.4, -0.2) is 35.8 Å². The van der Waals surface area contributed by atoms with E-state index in [1.807, 2.05) is 38.1 Å². The first-order valence-corrected chi connectivity index (χ1v) is 10.7. The molecular formula is C23H27Cl2NO4. The molecule has 0 N–H and O–H groups in total. The van der Waals surface area contributed by atoms with Gasteiger partial charge in [0.2, 0.25) is 0 Å². The highest BCUT2D eigenvalue weighted by atomic mass is 35.5. The van der Waals surface area contributed by atoms with Crippen molar-refractivity contribution in [3.8, 4) is 0 Å². The predicted molar refractivity (Wildman–Crippen MR) is 118 cm³/mol. The molecule has 162 valence electrons. The summed E-state index contributed by atoms with van der Waals surface area (Å²) in [7, 11) is 0. The van der Waals surface area contributed by atoms with Gasteiger partial charge in [0, 0.05) is 12.6 Å². The molecule has 2 amide bonds. The molecule has 0 unspecified atom stereocenters. The minimum absolute atomic E-state index is 0.0231. The Morgan fingerprint density at radius 1 is 1.23 bits per heavy atom. The van der Waals surface area contributed by atoms with Gasteiger partial charge in [0.25, 0.3) is 5.91 Å². The molecule has 0 aromatic heterocycles. The number of hydrogen-bond acceptors (Lipinski definition) is 4. The molecule has 2 atom stereocenters. The summed E-state index contributed by atoms with van der Waals surface area (Å²) in [4.78, 5) is 37.6. The van der Waals surface area contributed by atoms with Crippen LogP contribution in [-0.2, 0) is 19.1 Å². The molecule has 1 aromatic carbocycles. The number of carbonyl (C=O) groups is 3. The molecular weight excluding hydrogens is 425 g/mol. The van der Waals surface area contributed by atoms with Crippen LogP contribution in [0.3, 0.4) is 0 Å². The zero-order chi connectivity index (χ0) is 22.4. The van der Waals surface area contributed by atoms with E-state index in [1.54, 1.807) is 19.9 Å². The number of carbonyl (C=O) groups excluding carboxylic acids is 3. The Morgan fingerprint density at radius 2 is 1.93 bits per heavy atom. The molecule has 2 rings (SSSR count). The van der Waals surface area contributed by atoms with E-state index in [9.17, 15) is 14.4 Å². The lowest BCUT2D eigenvalue weighted by Gasteiger charge is -2.20. The first-order chi connectivity index (χ1) is 14.1. The van der Waals surface area contributed by atoms with Crippen molar-refractivity contribution in [2.24, 2.45) is 11.8 Å². The third-order valence-electron chi connectivity index (χ3n) is 4.68. The van der Waals surface area contributed by atoms with Crippen LogP contribution in [0, 0.1) is 11.8 Å². The van der Waals surface area contributed by atoms with Gasteiger partial charge < -0.3 is 4.74 Å². The van der Waals surface area contributed by atoms with Gasteiger partial charge in [-0.2, -0.15) is 0 Å². The molecule has 1 aliphatic rings. The lowest BCUT2D eigenvalue weighted by molar-refractivity contribution is -0.162. The topological polar surface area (TPSA) is 63.7 Å². The molecule has 1 aliphatic carbocycles. The zero-order valence-electron chi connectivity index (χ0n) is 17.7. The van der Waals surface area contributed by atoms with Crippen molar-refractivity contribution in [3.05, 3.63) is 57.6 Å². The van der Waals surface area contributed by atoms with E-state index in [2.05, 4.69) is 0 Å². The normalized spacial score (nSPS) is 18.6. The van der Waals surface area contributed by atoms with Crippen molar-refractivity contribution in [1.82, 2.24) is 4.90 Å². The Hall–Kier alpha value is -2.11. The third-order valence-corrected chi connectivity index (χ3v) is 5.42. The average Bonchev–Trinajstić information content (AvgIpc) is 3.45. The first-order valence-electron chi connectivity index (χ1n) is 9.98. The molecule has 0 heterocycles. The fourth-order valence-corrected chi connectivity index (χ4v) is 3.40. The number of amides is 2. The van der Waals surface area contributed by atoms with Crippen molar-refractivity contribution < 1.29 is 19.1 Å². The van der Waals surface area contributed by atoms with Gasteiger partial charge in [-0.15, -0.1) is 0 Å². The zero-order valence-corrected chi connectivity index (χ0v) is 19.2. The second kappa shape index (κ2) is 10.8. The number of hydrogen-bond donors (Lipinski definition) is 0. The SMILES string of the molecule is CCOC(=O)C(=O)N(CC(C)C)C(=O)C=C(C)C=C[C@@H]1C[C@H]1c1ccc(Cl)c(Cl)c1. The number of allylic oxidation sites excluding steroid dienone is 3. The van der Waals surface area contributed by atoms with E-state index in [0.29, 0.717) is 27.5 Å². The minimum atomic E-state index is -1.02. The van der Waals surface area contributed by atoms with Crippen molar-refractivity contribution in [2.45, 2.75) is 40.0 Å². The summed E-state index contributed by atoms with van der Waals surface area (Å²) >= 11 is 12.1. The summed E-state index contributed by atoms with van der Waals surface area (Å²) in [6.45, 7) is 7.35. The fraction of sp³-hybridized carbons (Fsp3) is 0.435. The highest BCUT2D eigenvalue weighted by Crippen LogP contribution is 2.49. The molecule has 0 aliphatic heterocycles. The Labute approximate surface area is 187 Å². The number of halogens is 2. The van der Waals surface area contributed by atoms with Gasteiger partial charge in [-0.3, -0.25) is 14.5 Å². The summed E-state index contributed by atoms with van der Waals surface area (Å²) < 4.78 is 4.74. The van der Waals surface area contributed by atoms with E-state index in [1.165, 1.54) is 6.08 Å². The van der Waals surface area contributed by atoms with E-state index < -0.39 is 17.8 Å². The second-order valence-corrected chi connectivity index (χ2v) is 8.61. The number of rotatable bonds is 7. The standard InChI is InChI=1S/C23H27Cl2NO4/c1-5-30-23(29)22(28)26(13-14(2)3)21(27)10-15(4)6-7-16-11-18(16)17-8-9-19(24)20(25)12-17/h6-10,12,14,16,18H,5,11,13H2,1-4H3/t16-,18-/m1/s1. The van der Waals surface area contributed by atoms with Gasteiger partial charge >= 0.3 is 11.9 Å². The third kappa shape index (κ3) is 6.71. The molecule has 0 saturated heterocycles. The molecule has 0 bridgehead atoms. The average molecular weight is 452 g/mol. The molecule has 1 fully saturated rings. The summed E-state index contributed by atoms with van der Waals surface area (Å²) in [5.41, 5.74) is 1.84. The maximum absolute atomic E-state index is 12.6. The van der Waals surface area contributed by atoms with Crippen LogP contribution in [0.15, 0.2) is 42.0 Å². The Kier molecular flexibility index (Phi) is 8.68. The Morgan fingerprint density at radius 3 is 2.53 bits per heavy atom. The van der Waals surface area contributed by atoms with Crippen molar-refractivity contribution >= 4 is 41.0 Å². The van der Waals surface area contributed by atoms with Crippen LogP contribution in [0.5, 0.6) is 0 Å². The van der Waals surface area contributed by atoms with Gasteiger partial charge in [-0.1, -0.05) is 55.3 Å². The minimum Gasteiger partial charge on any atom is -0.459 e. The van der Waals surface area contributed by atoms with Crippen molar-refractivity contribution in [1.29, 1.82) is 0 Å². The number of benzene rings is 1. The first kappa shape index (κ1) is 24.2.